The van der Waals surface area contributed by atoms with E-state index in [4.69, 9.17) is 11.6 Å². The van der Waals surface area contributed by atoms with Gasteiger partial charge in [-0.2, -0.15) is 0 Å². The van der Waals surface area contributed by atoms with Gasteiger partial charge < -0.3 is 5.11 Å². The molecule has 1 aromatic heterocycles. The number of thiazole rings is 1. The molecule has 2 rings (SSSR count). The minimum absolute atomic E-state index is 0.538. The molecule has 0 aliphatic carbocycles. The van der Waals surface area contributed by atoms with Crippen LogP contribution < -0.4 is 0 Å². The van der Waals surface area contributed by atoms with Crippen molar-refractivity contribution in [2.45, 2.75) is 19.4 Å². The van der Waals surface area contributed by atoms with Crippen molar-refractivity contribution >= 4 is 22.9 Å². The lowest BCUT2D eigenvalue weighted by molar-refractivity contribution is 0.178. The van der Waals surface area contributed by atoms with Gasteiger partial charge in [-0.1, -0.05) is 23.7 Å². The van der Waals surface area contributed by atoms with E-state index in [0.717, 1.165) is 16.1 Å². The maximum absolute atomic E-state index is 10.0. The summed E-state index contributed by atoms with van der Waals surface area (Å²) >= 11 is 7.56. The summed E-state index contributed by atoms with van der Waals surface area (Å²) in [5.41, 5.74) is 1.86. The molecule has 0 saturated heterocycles. The second-order valence-electron chi connectivity index (χ2n) is 3.65. The van der Waals surface area contributed by atoms with Gasteiger partial charge in [-0.15, -0.1) is 11.3 Å². The number of hydrogen-bond donors (Lipinski definition) is 1. The topological polar surface area (TPSA) is 33.1 Å². The third-order valence-electron chi connectivity index (χ3n) is 2.43. The third-order valence-corrected chi connectivity index (χ3v) is 3.64. The van der Waals surface area contributed by atoms with Crippen LogP contribution in [-0.4, -0.2) is 10.1 Å². The van der Waals surface area contributed by atoms with Gasteiger partial charge in [0.05, 0.1) is 11.1 Å². The molecule has 0 amide bonds. The summed E-state index contributed by atoms with van der Waals surface area (Å²) in [5.74, 6) is 0. The summed E-state index contributed by atoms with van der Waals surface area (Å²) in [7, 11) is 0. The summed E-state index contributed by atoms with van der Waals surface area (Å²) in [5, 5.41) is 13.5. The standard InChI is InChI=1S/C12H12ClNOS/c1-8-2-3-9(6-10(8)13)11(15)7-12-14-4-5-16-12/h2-6,11,15H,7H2,1H3. The Morgan fingerprint density at radius 3 is 2.94 bits per heavy atom. The number of aliphatic hydroxyl groups excluding tert-OH is 1. The van der Waals surface area contributed by atoms with Crippen LogP contribution in [0.3, 0.4) is 0 Å². The first-order valence-corrected chi connectivity index (χ1v) is 6.25. The van der Waals surface area contributed by atoms with Crippen LogP contribution in [0, 0.1) is 6.92 Å². The molecule has 0 aliphatic heterocycles. The minimum atomic E-state index is -0.538. The Balaban J connectivity index is 2.14. The second-order valence-corrected chi connectivity index (χ2v) is 5.04. The quantitative estimate of drug-likeness (QED) is 0.910. The van der Waals surface area contributed by atoms with E-state index in [-0.39, 0.29) is 0 Å². The molecule has 0 radical (unpaired) electrons. The highest BCUT2D eigenvalue weighted by atomic mass is 35.5. The molecule has 1 N–H and O–H groups in total. The zero-order chi connectivity index (χ0) is 11.5. The van der Waals surface area contributed by atoms with E-state index in [1.165, 1.54) is 0 Å². The van der Waals surface area contributed by atoms with Gasteiger partial charge in [-0.25, -0.2) is 4.98 Å². The summed E-state index contributed by atoms with van der Waals surface area (Å²) < 4.78 is 0. The molecule has 1 heterocycles. The number of halogens is 1. The Kier molecular flexibility index (Phi) is 3.59. The van der Waals surface area contributed by atoms with E-state index in [0.29, 0.717) is 11.4 Å². The second kappa shape index (κ2) is 4.95. The fourth-order valence-corrected chi connectivity index (χ4v) is 2.30. The van der Waals surface area contributed by atoms with Crippen molar-refractivity contribution in [1.82, 2.24) is 4.98 Å². The minimum Gasteiger partial charge on any atom is -0.388 e. The molecule has 0 fully saturated rings. The lowest BCUT2D eigenvalue weighted by Crippen LogP contribution is -2.01. The molecule has 0 saturated carbocycles. The van der Waals surface area contributed by atoms with Crippen molar-refractivity contribution < 1.29 is 5.11 Å². The lowest BCUT2D eigenvalue weighted by atomic mass is 10.1. The normalized spacial score (nSPS) is 12.7. The third kappa shape index (κ3) is 2.61. The van der Waals surface area contributed by atoms with Gasteiger partial charge in [-0.05, 0) is 24.1 Å². The van der Waals surface area contributed by atoms with Crippen LogP contribution in [0.4, 0.5) is 0 Å². The largest absolute Gasteiger partial charge is 0.388 e. The first kappa shape index (κ1) is 11.6. The maximum Gasteiger partial charge on any atom is 0.0954 e. The van der Waals surface area contributed by atoms with E-state index < -0.39 is 6.10 Å². The molecule has 16 heavy (non-hydrogen) atoms. The smallest absolute Gasteiger partial charge is 0.0954 e. The van der Waals surface area contributed by atoms with Crippen LogP contribution in [0.15, 0.2) is 29.8 Å². The van der Waals surface area contributed by atoms with Crippen LogP contribution >= 0.6 is 22.9 Å². The average Bonchev–Trinajstić information content (AvgIpc) is 2.74. The summed E-state index contributed by atoms with van der Waals surface area (Å²) in [4.78, 5) is 4.15. The Bertz CT molecular complexity index is 470. The van der Waals surface area contributed by atoms with Crippen LogP contribution in [0.2, 0.25) is 5.02 Å². The lowest BCUT2D eigenvalue weighted by Gasteiger charge is -2.10. The summed E-state index contributed by atoms with van der Waals surface area (Å²) in [6.45, 7) is 1.94. The van der Waals surface area contributed by atoms with Crippen molar-refractivity contribution in [3.05, 3.63) is 50.9 Å². The van der Waals surface area contributed by atoms with Gasteiger partial charge in [0.15, 0.2) is 0 Å². The van der Waals surface area contributed by atoms with E-state index >= 15 is 0 Å². The van der Waals surface area contributed by atoms with Crippen molar-refractivity contribution in [1.29, 1.82) is 0 Å². The van der Waals surface area contributed by atoms with Gasteiger partial charge in [0.2, 0.25) is 0 Å². The molecular weight excluding hydrogens is 242 g/mol. The number of aliphatic hydroxyl groups is 1. The van der Waals surface area contributed by atoms with Crippen molar-refractivity contribution in [3.8, 4) is 0 Å². The van der Waals surface area contributed by atoms with E-state index in [2.05, 4.69) is 4.98 Å². The monoisotopic (exact) mass is 253 g/mol. The van der Waals surface area contributed by atoms with Crippen molar-refractivity contribution in [2.75, 3.05) is 0 Å². The maximum atomic E-state index is 10.0. The van der Waals surface area contributed by atoms with Crippen LogP contribution in [0.25, 0.3) is 0 Å². The van der Waals surface area contributed by atoms with E-state index in [1.807, 2.05) is 30.5 Å². The van der Waals surface area contributed by atoms with Crippen LogP contribution in [-0.2, 0) is 6.42 Å². The Morgan fingerprint density at radius 1 is 1.50 bits per heavy atom. The first-order chi connectivity index (χ1) is 7.66. The van der Waals surface area contributed by atoms with Gasteiger partial charge >= 0.3 is 0 Å². The fraction of sp³-hybridized carbons (Fsp3) is 0.250. The Morgan fingerprint density at radius 2 is 2.31 bits per heavy atom. The Hall–Kier alpha value is -0.900. The molecule has 1 aromatic carbocycles. The summed E-state index contributed by atoms with van der Waals surface area (Å²) in [6, 6.07) is 5.64. The van der Waals surface area contributed by atoms with Gasteiger partial charge in [0, 0.05) is 23.0 Å². The molecule has 4 heteroatoms. The van der Waals surface area contributed by atoms with Crippen LogP contribution in [0.5, 0.6) is 0 Å². The van der Waals surface area contributed by atoms with Crippen molar-refractivity contribution in [2.24, 2.45) is 0 Å². The molecule has 2 nitrogen and oxygen atoms in total. The zero-order valence-corrected chi connectivity index (χ0v) is 10.4. The number of rotatable bonds is 3. The van der Waals surface area contributed by atoms with Gasteiger partial charge in [0.25, 0.3) is 0 Å². The molecule has 1 unspecified atom stereocenters. The zero-order valence-electron chi connectivity index (χ0n) is 8.85. The predicted octanol–water partition coefficient (Wildman–Crippen LogP) is 3.38. The number of aromatic nitrogens is 1. The van der Waals surface area contributed by atoms with Crippen LogP contribution in [0.1, 0.15) is 22.2 Å². The fourth-order valence-electron chi connectivity index (χ4n) is 1.45. The van der Waals surface area contributed by atoms with E-state index in [1.54, 1.807) is 17.5 Å². The highest BCUT2D eigenvalue weighted by Crippen LogP contribution is 2.24. The Labute approximate surface area is 104 Å². The molecule has 0 spiro atoms. The molecule has 0 bridgehead atoms. The summed E-state index contributed by atoms with van der Waals surface area (Å²) in [6.07, 6.45) is 1.75. The highest BCUT2D eigenvalue weighted by molar-refractivity contribution is 7.09. The molecular formula is C12H12ClNOS. The number of benzene rings is 1. The predicted molar refractivity (Wildman–Crippen MR) is 67.0 cm³/mol. The molecule has 84 valence electrons. The SMILES string of the molecule is Cc1ccc(C(O)Cc2nccs2)cc1Cl. The molecule has 0 aliphatic rings. The van der Waals surface area contributed by atoms with Gasteiger partial charge in [-0.3, -0.25) is 0 Å². The molecule has 2 aromatic rings. The molecule has 1 atom stereocenters. The van der Waals surface area contributed by atoms with E-state index in [9.17, 15) is 5.11 Å². The highest BCUT2D eigenvalue weighted by Gasteiger charge is 2.11. The van der Waals surface area contributed by atoms with Gasteiger partial charge in [0.1, 0.15) is 0 Å². The number of aryl methyl sites for hydroxylation is 1. The first-order valence-electron chi connectivity index (χ1n) is 4.99. The average molecular weight is 254 g/mol. The number of hydrogen-bond acceptors (Lipinski definition) is 3. The number of nitrogens with zero attached hydrogens (tertiary/aromatic N) is 1. The van der Waals surface area contributed by atoms with Crippen molar-refractivity contribution in [3.63, 3.8) is 0 Å².